The highest BCUT2D eigenvalue weighted by Crippen LogP contribution is 2.24. The molecule has 150 valence electrons. The molecule has 1 N–H and O–H groups in total. The molecule has 0 saturated carbocycles. The van der Waals surface area contributed by atoms with Crippen LogP contribution in [-0.2, 0) is 13.1 Å². The van der Waals surface area contributed by atoms with Crippen LogP contribution in [0.5, 0.6) is 5.75 Å². The first-order valence-electron chi connectivity index (χ1n) is 9.63. The molecule has 3 aromatic rings. The van der Waals surface area contributed by atoms with Crippen molar-refractivity contribution < 1.29 is 4.74 Å². The average Bonchev–Trinajstić information content (AvgIpc) is 2.72. The predicted octanol–water partition coefficient (Wildman–Crippen LogP) is 6.45. The molecule has 0 amide bonds. The van der Waals surface area contributed by atoms with E-state index in [1.807, 2.05) is 68.4 Å². The number of ether oxygens (including phenoxy) is 1. The lowest BCUT2D eigenvalue weighted by Gasteiger charge is -2.27. The van der Waals surface area contributed by atoms with Crippen molar-refractivity contribution >= 4 is 34.6 Å². The quantitative estimate of drug-likeness (QED) is 0.440. The summed E-state index contributed by atoms with van der Waals surface area (Å²) in [4.78, 5) is 2.14. The zero-order valence-electron chi connectivity index (χ0n) is 16.7. The molecule has 5 heteroatoms. The molecule has 0 unspecified atom stereocenters. The minimum absolute atomic E-state index is 0.625. The highest BCUT2D eigenvalue weighted by molar-refractivity contribution is 7.80. The monoisotopic (exact) mass is 424 g/mol. The Balaban J connectivity index is 1.86. The molecule has 0 aliphatic heterocycles. The van der Waals surface area contributed by atoms with E-state index in [0.29, 0.717) is 29.8 Å². The number of halogens is 1. The zero-order valence-corrected chi connectivity index (χ0v) is 18.3. The molecule has 0 atom stereocenters. The summed E-state index contributed by atoms with van der Waals surface area (Å²) in [7, 11) is 0. The second-order valence-electron chi connectivity index (χ2n) is 6.77. The first-order valence-corrected chi connectivity index (χ1v) is 10.4. The summed E-state index contributed by atoms with van der Waals surface area (Å²) in [5, 5.41) is 4.70. The van der Waals surface area contributed by atoms with Crippen LogP contribution in [0.1, 0.15) is 23.6 Å². The van der Waals surface area contributed by atoms with Gasteiger partial charge in [-0.3, -0.25) is 0 Å². The van der Waals surface area contributed by atoms with Gasteiger partial charge in [-0.2, -0.15) is 0 Å². The minimum Gasteiger partial charge on any atom is -0.494 e. The van der Waals surface area contributed by atoms with E-state index in [-0.39, 0.29) is 0 Å². The normalized spacial score (nSPS) is 10.4. The second-order valence-corrected chi connectivity index (χ2v) is 7.59. The van der Waals surface area contributed by atoms with Crippen LogP contribution < -0.4 is 10.1 Å². The van der Waals surface area contributed by atoms with Gasteiger partial charge >= 0.3 is 0 Å². The summed E-state index contributed by atoms with van der Waals surface area (Å²) < 4.78 is 5.81. The number of aryl methyl sites for hydroxylation is 1. The van der Waals surface area contributed by atoms with Crippen molar-refractivity contribution in [1.29, 1.82) is 0 Å². The van der Waals surface area contributed by atoms with Crippen molar-refractivity contribution in [3.63, 3.8) is 0 Å². The van der Waals surface area contributed by atoms with E-state index in [0.717, 1.165) is 22.6 Å². The summed E-state index contributed by atoms with van der Waals surface area (Å²) in [6.45, 7) is 5.98. The number of nitrogens with zero attached hydrogens (tertiary/aromatic N) is 1. The molecule has 0 spiro atoms. The molecule has 0 aliphatic carbocycles. The van der Waals surface area contributed by atoms with Crippen LogP contribution in [0.3, 0.4) is 0 Å². The molecule has 0 fully saturated rings. The molecule has 0 radical (unpaired) electrons. The Hall–Kier alpha value is -2.56. The van der Waals surface area contributed by atoms with Crippen LogP contribution in [0.2, 0.25) is 5.02 Å². The third kappa shape index (κ3) is 5.96. The molecule has 0 saturated heterocycles. The molecule has 3 nitrogen and oxygen atoms in total. The zero-order chi connectivity index (χ0) is 20.6. The Kier molecular flexibility index (Phi) is 7.50. The van der Waals surface area contributed by atoms with Crippen molar-refractivity contribution in [2.45, 2.75) is 26.9 Å². The van der Waals surface area contributed by atoms with E-state index in [4.69, 9.17) is 28.6 Å². The number of benzene rings is 3. The van der Waals surface area contributed by atoms with Gasteiger partial charge in [-0.15, -0.1) is 0 Å². The van der Waals surface area contributed by atoms with Gasteiger partial charge in [0.1, 0.15) is 5.75 Å². The maximum Gasteiger partial charge on any atom is 0.174 e. The SMILES string of the molecule is CCOc1ccccc1CN(Cc1ccccc1)C(=S)Nc1cc(Cl)ccc1C. The van der Waals surface area contributed by atoms with Gasteiger partial charge in [0, 0.05) is 29.4 Å². The van der Waals surface area contributed by atoms with Gasteiger partial charge in [0.2, 0.25) is 0 Å². The maximum absolute atomic E-state index is 6.18. The third-order valence-electron chi connectivity index (χ3n) is 4.58. The van der Waals surface area contributed by atoms with Gasteiger partial charge in [-0.1, -0.05) is 66.2 Å². The highest BCUT2D eigenvalue weighted by atomic mass is 35.5. The summed E-state index contributed by atoms with van der Waals surface area (Å²) >= 11 is 12.0. The van der Waals surface area contributed by atoms with Crippen molar-refractivity contribution in [1.82, 2.24) is 4.90 Å². The van der Waals surface area contributed by atoms with Crippen molar-refractivity contribution in [2.24, 2.45) is 0 Å². The van der Waals surface area contributed by atoms with Crippen molar-refractivity contribution in [2.75, 3.05) is 11.9 Å². The highest BCUT2D eigenvalue weighted by Gasteiger charge is 2.15. The second kappa shape index (κ2) is 10.3. The summed E-state index contributed by atoms with van der Waals surface area (Å²) in [6.07, 6.45) is 0. The lowest BCUT2D eigenvalue weighted by molar-refractivity contribution is 0.327. The van der Waals surface area contributed by atoms with Crippen LogP contribution in [0.4, 0.5) is 5.69 Å². The van der Waals surface area contributed by atoms with E-state index >= 15 is 0 Å². The van der Waals surface area contributed by atoms with E-state index in [1.54, 1.807) is 0 Å². The molecular formula is C24H25ClN2OS. The summed E-state index contributed by atoms with van der Waals surface area (Å²) in [5.41, 5.74) is 4.29. The van der Waals surface area contributed by atoms with Gasteiger partial charge < -0.3 is 15.0 Å². The number of nitrogens with one attached hydrogen (secondary N) is 1. The number of para-hydroxylation sites is 1. The third-order valence-corrected chi connectivity index (χ3v) is 5.17. The molecule has 3 rings (SSSR count). The predicted molar refractivity (Wildman–Crippen MR) is 126 cm³/mol. The van der Waals surface area contributed by atoms with Crippen LogP contribution in [0.15, 0.2) is 72.8 Å². The first kappa shape index (κ1) is 21.2. The average molecular weight is 425 g/mol. The van der Waals surface area contributed by atoms with E-state index in [1.165, 1.54) is 5.56 Å². The van der Waals surface area contributed by atoms with Gasteiger partial charge in [0.05, 0.1) is 6.61 Å². The fraction of sp³-hybridized carbons (Fsp3) is 0.208. The Morgan fingerprint density at radius 1 is 1.00 bits per heavy atom. The molecular weight excluding hydrogens is 400 g/mol. The largest absolute Gasteiger partial charge is 0.494 e. The molecule has 29 heavy (non-hydrogen) atoms. The Labute approximate surface area is 183 Å². The fourth-order valence-electron chi connectivity index (χ4n) is 3.06. The number of thiocarbonyl (C=S) groups is 1. The molecule has 0 heterocycles. The lowest BCUT2D eigenvalue weighted by Crippen LogP contribution is -2.34. The van der Waals surface area contributed by atoms with Gasteiger partial charge in [-0.05, 0) is 55.4 Å². The van der Waals surface area contributed by atoms with E-state index in [2.05, 4.69) is 28.4 Å². The molecule has 0 aliphatic rings. The van der Waals surface area contributed by atoms with Gasteiger partial charge in [0.25, 0.3) is 0 Å². The first-order chi connectivity index (χ1) is 14.1. The fourth-order valence-corrected chi connectivity index (χ4v) is 3.47. The number of hydrogen-bond donors (Lipinski definition) is 1. The van der Waals surface area contributed by atoms with Crippen LogP contribution in [-0.4, -0.2) is 16.6 Å². The Morgan fingerprint density at radius 2 is 1.72 bits per heavy atom. The van der Waals surface area contributed by atoms with Gasteiger partial charge in [-0.25, -0.2) is 0 Å². The number of rotatable bonds is 7. The Morgan fingerprint density at radius 3 is 2.48 bits per heavy atom. The topological polar surface area (TPSA) is 24.5 Å². The number of anilines is 1. The Bertz CT molecular complexity index is 962. The van der Waals surface area contributed by atoms with Crippen LogP contribution in [0, 0.1) is 6.92 Å². The standard InChI is InChI=1S/C24H25ClN2OS/c1-3-28-23-12-8-7-11-20(23)17-27(16-19-9-5-4-6-10-19)24(29)26-22-15-21(25)14-13-18(22)2/h4-15H,3,16-17H2,1-2H3,(H,26,29). The number of hydrogen-bond acceptors (Lipinski definition) is 2. The van der Waals surface area contributed by atoms with E-state index < -0.39 is 0 Å². The van der Waals surface area contributed by atoms with Crippen molar-refractivity contribution in [3.8, 4) is 5.75 Å². The minimum atomic E-state index is 0.625. The molecule has 0 bridgehead atoms. The molecule has 3 aromatic carbocycles. The van der Waals surface area contributed by atoms with Crippen molar-refractivity contribution in [3.05, 3.63) is 94.5 Å². The van der Waals surface area contributed by atoms with Crippen LogP contribution >= 0.6 is 23.8 Å². The lowest BCUT2D eigenvalue weighted by atomic mass is 10.1. The van der Waals surface area contributed by atoms with E-state index in [9.17, 15) is 0 Å². The smallest absolute Gasteiger partial charge is 0.174 e. The van der Waals surface area contributed by atoms with Gasteiger partial charge in [0.15, 0.2) is 5.11 Å². The van der Waals surface area contributed by atoms with Crippen LogP contribution in [0.25, 0.3) is 0 Å². The summed E-state index contributed by atoms with van der Waals surface area (Å²) in [6, 6.07) is 24.2. The molecule has 0 aromatic heterocycles. The summed E-state index contributed by atoms with van der Waals surface area (Å²) in [5.74, 6) is 0.884. The maximum atomic E-state index is 6.18.